The van der Waals surface area contributed by atoms with Gasteiger partial charge in [0.25, 0.3) is 0 Å². The van der Waals surface area contributed by atoms with Crippen LogP contribution in [0.4, 0.5) is 5.69 Å². The van der Waals surface area contributed by atoms with E-state index in [1.807, 2.05) is 18.2 Å². The molecule has 1 fully saturated rings. The van der Waals surface area contributed by atoms with Gasteiger partial charge in [-0.25, -0.2) is 0 Å². The maximum Gasteiger partial charge on any atom is 0.0705 e. The second-order valence-corrected chi connectivity index (χ2v) is 9.13. The van der Waals surface area contributed by atoms with E-state index in [2.05, 4.69) is 53.3 Å². The summed E-state index contributed by atoms with van der Waals surface area (Å²) >= 11 is 1.77. The summed E-state index contributed by atoms with van der Waals surface area (Å²) in [5.74, 6) is 0.729. The van der Waals surface area contributed by atoms with Gasteiger partial charge >= 0.3 is 0 Å². The highest BCUT2D eigenvalue weighted by atomic mass is 32.1. The first kappa shape index (κ1) is 20.8. The molecule has 1 unspecified atom stereocenters. The highest BCUT2D eigenvalue weighted by molar-refractivity contribution is 7.08. The molecule has 0 bridgehead atoms. The van der Waals surface area contributed by atoms with Crippen molar-refractivity contribution in [3.8, 4) is 0 Å². The second kappa shape index (κ2) is 9.59. The van der Waals surface area contributed by atoms with Crippen molar-refractivity contribution in [1.82, 2.24) is 5.32 Å². The number of benzene rings is 2. The summed E-state index contributed by atoms with van der Waals surface area (Å²) in [6.45, 7) is 2.97. The van der Waals surface area contributed by atoms with Gasteiger partial charge in [0.2, 0.25) is 0 Å². The normalized spacial score (nSPS) is 15.0. The topological polar surface area (TPSA) is 61.9 Å². The first-order valence-electron chi connectivity index (χ1n) is 11.0. The lowest BCUT2D eigenvalue weighted by molar-refractivity contribution is 0.230. The summed E-state index contributed by atoms with van der Waals surface area (Å²) < 4.78 is 0. The molecule has 1 aliphatic rings. The van der Waals surface area contributed by atoms with Gasteiger partial charge in [0.05, 0.1) is 5.71 Å². The monoisotopic (exact) mass is 417 g/mol. The van der Waals surface area contributed by atoms with E-state index in [1.165, 1.54) is 36.0 Å². The van der Waals surface area contributed by atoms with Gasteiger partial charge in [-0.05, 0) is 70.8 Å². The quantitative estimate of drug-likeness (QED) is 0.281. The lowest BCUT2D eigenvalue weighted by Crippen LogP contribution is -2.31. The van der Waals surface area contributed by atoms with Crippen LogP contribution in [0.5, 0.6) is 0 Å². The van der Waals surface area contributed by atoms with Crippen LogP contribution in [-0.4, -0.2) is 5.71 Å². The summed E-state index contributed by atoms with van der Waals surface area (Å²) in [7, 11) is 0. The fraction of sp³-hybridized carbons (Fsp3) is 0.346. The Hall–Kier alpha value is -2.43. The van der Waals surface area contributed by atoms with Gasteiger partial charge in [-0.15, -0.1) is 0 Å². The number of hydrogen-bond donors (Lipinski definition) is 3. The maximum atomic E-state index is 8.72. The van der Waals surface area contributed by atoms with Crippen LogP contribution in [-0.2, 0) is 13.0 Å². The summed E-state index contributed by atoms with van der Waals surface area (Å²) in [6, 6.07) is 17.1. The average molecular weight is 418 g/mol. The minimum absolute atomic E-state index is 0.413. The van der Waals surface area contributed by atoms with Crippen molar-refractivity contribution in [3.63, 3.8) is 0 Å². The average Bonchev–Trinajstić information content (AvgIpc) is 3.25. The number of nitrogens with one attached hydrogen (secondary N) is 2. The van der Waals surface area contributed by atoms with Crippen molar-refractivity contribution in [2.45, 2.75) is 51.6 Å². The molecule has 1 saturated carbocycles. The Morgan fingerprint density at radius 2 is 1.90 bits per heavy atom. The van der Waals surface area contributed by atoms with Crippen LogP contribution >= 0.6 is 11.3 Å². The van der Waals surface area contributed by atoms with Crippen LogP contribution in [0.2, 0.25) is 0 Å². The third kappa shape index (κ3) is 4.66. The Balaban J connectivity index is 1.49. The minimum Gasteiger partial charge on any atom is -0.398 e. The zero-order valence-electron chi connectivity index (χ0n) is 17.7. The van der Waals surface area contributed by atoms with Crippen LogP contribution < -0.4 is 11.1 Å². The van der Waals surface area contributed by atoms with Gasteiger partial charge < -0.3 is 11.1 Å². The molecular formula is C26H31N3S. The van der Waals surface area contributed by atoms with Gasteiger partial charge in [0.15, 0.2) is 0 Å². The Labute approximate surface area is 183 Å². The maximum absolute atomic E-state index is 8.72. The van der Waals surface area contributed by atoms with Crippen molar-refractivity contribution in [1.29, 1.82) is 5.41 Å². The first-order chi connectivity index (χ1) is 14.7. The van der Waals surface area contributed by atoms with Crippen LogP contribution in [0.25, 0.3) is 0 Å². The largest absolute Gasteiger partial charge is 0.398 e. The first-order valence-corrected chi connectivity index (χ1v) is 11.9. The Morgan fingerprint density at radius 1 is 1.13 bits per heavy atom. The second-order valence-electron chi connectivity index (χ2n) is 8.35. The molecule has 4 heteroatoms. The van der Waals surface area contributed by atoms with Crippen molar-refractivity contribution in [2.75, 3.05) is 5.73 Å². The van der Waals surface area contributed by atoms with Crippen molar-refractivity contribution in [3.05, 3.63) is 87.1 Å². The number of thiophene rings is 1. The standard InChI is InChI=1S/C26H31N3S/c1-2-4-18-7-10-20(11-8-18)25(28)23-15-19(9-12-24(23)27)16-29-26(21-5-3-6-21)22-13-14-30-17-22/h7-15,17,21,26,28-29H,2-6,16,27H2,1H3. The van der Waals surface area contributed by atoms with Crippen molar-refractivity contribution >= 4 is 22.7 Å². The minimum atomic E-state index is 0.413. The molecular weight excluding hydrogens is 386 g/mol. The van der Waals surface area contributed by atoms with Crippen LogP contribution in [0.3, 0.4) is 0 Å². The number of anilines is 1. The molecule has 1 aromatic heterocycles. The Bertz CT molecular complexity index is 972. The SMILES string of the molecule is CCCc1ccc(C(=N)c2cc(CNC(c3ccsc3)C3CCC3)ccc2N)cc1. The van der Waals surface area contributed by atoms with Gasteiger partial charge in [0, 0.05) is 29.4 Å². The molecule has 0 spiro atoms. The smallest absolute Gasteiger partial charge is 0.0705 e. The van der Waals surface area contributed by atoms with Crippen LogP contribution in [0, 0.1) is 11.3 Å². The van der Waals surface area contributed by atoms with E-state index in [9.17, 15) is 0 Å². The molecule has 4 N–H and O–H groups in total. The van der Waals surface area contributed by atoms with Crippen molar-refractivity contribution in [2.24, 2.45) is 5.92 Å². The van der Waals surface area contributed by atoms with Gasteiger partial charge in [-0.1, -0.05) is 50.1 Å². The molecule has 0 radical (unpaired) electrons. The van der Waals surface area contributed by atoms with E-state index in [1.54, 1.807) is 11.3 Å². The molecule has 1 atom stereocenters. The number of nitrogen functional groups attached to an aromatic ring is 1. The van der Waals surface area contributed by atoms with Gasteiger partial charge in [-0.3, -0.25) is 5.41 Å². The lowest BCUT2D eigenvalue weighted by Gasteiger charge is -2.34. The summed E-state index contributed by atoms with van der Waals surface area (Å²) in [4.78, 5) is 0. The number of rotatable bonds is 9. The highest BCUT2D eigenvalue weighted by Gasteiger charge is 2.28. The molecule has 0 aliphatic heterocycles. The van der Waals surface area contributed by atoms with E-state index in [-0.39, 0.29) is 0 Å². The molecule has 3 aromatic rings. The molecule has 0 amide bonds. The van der Waals surface area contributed by atoms with E-state index < -0.39 is 0 Å². The predicted octanol–water partition coefficient (Wildman–Crippen LogP) is 6.33. The predicted molar refractivity (Wildman–Crippen MR) is 128 cm³/mol. The number of nitrogens with two attached hydrogens (primary N) is 1. The van der Waals surface area contributed by atoms with E-state index in [0.717, 1.165) is 36.4 Å². The van der Waals surface area contributed by atoms with E-state index in [0.29, 0.717) is 17.4 Å². The van der Waals surface area contributed by atoms with E-state index in [4.69, 9.17) is 11.1 Å². The van der Waals surface area contributed by atoms with Crippen LogP contribution in [0.1, 0.15) is 66.5 Å². The third-order valence-corrected chi connectivity index (χ3v) is 6.92. The molecule has 3 nitrogen and oxygen atoms in total. The van der Waals surface area contributed by atoms with Crippen LogP contribution in [0.15, 0.2) is 59.3 Å². The fourth-order valence-corrected chi connectivity index (χ4v) is 4.92. The molecule has 30 heavy (non-hydrogen) atoms. The summed E-state index contributed by atoms with van der Waals surface area (Å²) in [5, 5.41) is 16.9. The molecule has 4 rings (SSSR count). The Morgan fingerprint density at radius 3 is 2.53 bits per heavy atom. The highest BCUT2D eigenvalue weighted by Crippen LogP contribution is 2.38. The molecule has 1 heterocycles. The Kier molecular flexibility index (Phi) is 6.66. The number of aryl methyl sites for hydroxylation is 1. The molecule has 1 aliphatic carbocycles. The van der Waals surface area contributed by atoms with Crippen molar-refractivity contribution < 1.29 is 0 Å². The molecule has 156 valence electrons. The lowest BCUT2D eigenvalue weighted by atomic mass is 9.77. The zero-order chi connectivity index (χ0) is 20.9. The third-order valence-electron chi connectivity index (χ3n) is 6.22. The summed E-state index contributed by atoms with van der Waals surface area (Å²) in [5.41, 5.74) is 13.0. The fourth-order valence-electron chi connectivity index (χ4n) is 4.22. The van der Waals surface area contributed by atoms with Gasteiger partial charge in [-0.2, -0.15) is 11.3 Å². The zero-order valence-corrected chi connectivity index (χ0v) is 18.5. The van der Waals surface area contributed by atoms with E-state index >= 15 is 0 Å². The molecule has 2 aromatic carbocycles. The summed E-state index contributed by atoms with van der Waals surface area (Å²) in [6.07, 6.45) is 6.15. The number of hydrogen-bond acceptors (Lipinski definition) is 4. The molecule has 0 saturated heterocycles. The van der Waals surface area contributed by atoms with Gasteiger partial charge in [0.1, 0.15) is 0 Å².